The maximum Gasteiger partial charge on any atom is 0.342 e. The molecule has 0 spiro atoms. The van der Waals surface area contributed by atoms with E-state index in [1.165, 1.54) is 71.3 Å². The lowest BCUT2D eigenvalue weighted by molar-refractivity contribution is -0.141. The fourth-order valence-electron chi connectivity index (χ4n) is 2.44. The van der Waals surface area contributed by atoms with E-state index in [1.807, 2.05) is 0 Å². The van der Waals surface area contributed by atoms with Crippen molar-refractivity contribution in [3.05, 3.63) is 0 Å². The molecular formula is C17H32Cl2O2. The van der Waals surface area contributed by atoms with Crippen molar-refractivity contribution in [1.82, 2.24) is 0 Å². The summed E-state index contributed by atoms with van der Waals surface area (Å²) in [4.78, 5) is 11.3. The predicted octanol–water partition coefficient (Wildman–Crippen LogP) is 6.42. The first-order valence-electron chi connectivity index (χ1n) is 8.51. The number of hydrogen-bond donors (Lipinski definition) is 0. The van der Waals surface area contributed by atoms with E-state index in [1.54, 1.807) is 0 Å². The number of carbonyl (C=O) groups excluding carboxylic acids is 1. The zero-order chi connectivity index (χ0) is 16.0. The molecule has 0 radical (unpaired) electrons. The van der Waals surface area contributed by atoms with Gasteiger partial charge in [-0.15, -0.1) is 0 Å². The lowest BCUT2D eigenvalue weighted by atomic mass is 10.0. The Bertz CT molecular complexity index is 255. The molecule has 0 atom stereocenters. The van der Waals surface area contributed by atoms with E-state index in [4.69, 9.17) is 23.2 Å². The SMILES string of the molecule is CCCCCCCCCCCCCCC(Cl)(Cl)C(=O)OC. The van der Waals surface area contributed by atoms with Crippen LogP contribution in [-0.4, -0.2) is 17.4 Å². The van der Waals surface area contributed by atoms with Crippen molar-refractivity contribution in [3.8, 4) is 0 Å². The Labute approximate surface area is 140 Å². The number of rotatable bonds is 14. The summed E-state index contributed by atoms with van der Waals surface area (Å²) in [6, 6.07) is 0. The van der Waals surface area contributed by atoms with Gasteiger partial charge in [0.1, 0.15) is 0 Å². The number of alkyl halides is 2. The molecule has 0 aliphatic heterocycles. The minimum Gasteiger partial charge on any atom is -0.467 e. The van der Waals surface area contributed by atoms with Crippen LogP contribution in [-0.2, 0) is 9.53 Å². The standard InChI is InChI=1S/C17H32Cl2O2/c1-3-4-5-6-7-8-9-10-11-12-13-14-15-17(18,19)16(20)21-2/h3-15H2,1-2H3. The average Bonchev–Trinajstić information content (AvgIpc) is 2.47. The molecule has 0 amide bonds. The lowest BCUT2D eigenvalue weighted by Gasteiger charge is -2.15. The minimum absolute atomic E-state index is 0.472. The van der Waals surface area contributed by atoms with Crippen molar-refractivity contribution in [2.24, 2.45) is 0 Å². The van der Waals surface area contributed by atoms with Crippen LogP contribution in [0.25, 0.3) is 0 Å². The highest BCUT2D eigenvalue weighted by Gasteiger charge is 2.33. The third-order valence-corrected chi connectivity index (χ3v) is 4.51. The van der Waals surface area contributed by atoms with Crippen molar-refractivity contribution in [3.63, 3.8) is 0 Å². The van der Waals surface area contributed by atoms with Crippen molar-refractivity contribution >= 4 is 29.2 Å². The van der Waals surface area contributed by atoms with Crippen LogP contribution in [0.15, 0.2) is 0 Å². The minimum atomic E-state index is -1.37. The molecule has 0 N–H and O–H groups in total. The molecule has 0 saturated heterocycles. The van der Waals surface area contributed by atoms with Gasteiger partial charge in [0, 0.05) is 0 Å². The van der Waals surface area contributed by atoms with Gasteiger partial charge in [-0.25, -0.2) is 4.79 Å². The van der Waals surface area contributed by atoms with Crippen LogP contribution in [0.4, 0.5) is 0 Å². The summed E-state index contributed by atoms with van der Waals surface area (Å²) in [5.74, 6) is -0.547. The van der Waals surface area contributed by atoms with Crippen LogP contribution < -0.4 is 0 Å². The van der Waals surface area contributed by atoms with Gasteiger partial charge in [-0.1, -0.05) is 101 Å². The molecule has 0 heterocycles. The first-order valence-corrected chi connectivity index (χ1v) is 9.26. The second-order valence-corrected chi connectivity index (χ2v) is 7.32. The van der Waals surface area contributed by atoms with Gasteiger partial charge < -0.3 is 4.74 Å². The molecule has 0 fully saturated rings. The molecular weight excluding hydrogens is 307 g/mol. The fraction of sp³-hybridized carbons (Fsp3) is 0.941. The maximum atomic E-state index is 11.3. The lowest BCUT2D eigenvalue weighted by Crippen LogP contribution is -2.27. The highest BCUT2D eigenvalue weighted by molar-refractivity contribution is 6.57. The first kappa shape index (κ1) is 21.0. The number of carbonyl (C=O) groups is 1. The number of esters is 1. The second kappa shape index (κ2) is 13.7. The van der Waals surface area contributed by atoms with E-state index in [0.717, 1.165) is 12.8 Å². The van der Waals surface area contributed by atoms with E-state index in [-0.39, 0.29) is 0 Å². The molecule has 2 nitrogen and oxygen atoms in total. The molecule has 0 aromatic carbocycles. The summed E-state index contributed by atoms with van der Waals surface area (Å²) in [7, 11) is 1.31. The van der Waals surface area contributed by atoms with Crippen molar-refractivity contribution in [1.29, 1.82) is 0 Å². The summed E-state index contributed by atoms with van der Waals surface area (Å²) in [5, 5.41) is 0. The van der Waals surface area contributed by atoms with Crippen LogP contribution in [0.3, 0.4) is 0 Å². The third kappa shape index (κ3) is 12.3. The molecule has 0 unspecified atom stereocenters. The highest BCUT2D eigenvalue weighted by atomic mass is 35.5. The van der Waals surface area contributed by atoms with E-state index in [0.29, 0.717) is 6.42 Å². The maximum absolute atomic E-state index is 11.3. The van der Waals surface area contributed by atoms with Crippen LogP contribution in [0.2, 0.25) is 0 Å². The smallest absolute Gasteiger partial charge is 0.342 e. The molecule has 0 rings (SSSR count). The Morgan fingerprint density at radius 1 is 0.810 bits per heavy atom. The monoisotopic (exact) mass is 338 g/mol. The molecule has 21 heavy (non-hydrogen) atoms. The van der Waals surface area contributed by atoms with Gasteiger partial charge >= 0.3 is 5.97 Å². The largest absolute Gasteiger partial charge is 0.467 e. The summed E-state index contributed by atoms with van der Waals surface area (Å²) in [6.45, 7) is 2.25. The molecule has 0 aliphatic rings. The zero-order valence-electron chi connectivity index (χ0n) is 13.8. The Balaban J connectivity index is 3.28. The van der Waals surface area contributed by atoms with Gasteiger partial charge in [0.25, 0.3) is 0 Å². The Morgan fingerprint density at radius 2 is 1.19 bits per heavy atom. The fourth-order valence-corrected chi connectivity index (χ4v) is 2.86. The molecule has 0 bridgehead atoms. The number of halogens is 2. The number of ether oxygens (including phenoxy) is 1. The van der Waals surface area contributed by atoms with Gasteiger partial charge in [-0.2, -0.15) is 0 Å². The first-order chi connectivity index (χ1) is 10.0. The topological polar surface area (TPSA) is 26.3 Å². The van der Waals surface area contributed by atoms with E-state index >= 15 is 0 Å². The average molecular weight is 339 g/mol. The van der Waals surface area contributed by atoms with Crippen molar-refractivity contribution in [2.75, 3.05) is 7.11 Å². The van der Waals surface area contributed by atoms with Crippen LogP contribution in [0.1, 0.15) is 90.4 Å². The molecule has 0 aromatic heterocycles. The summed E-state index contributed by atoms with van der Waals surface area (Å²) in [5.41, 5.74) is 0. The Kier molecular flexibility index (Phi) is 13.7. The third-order valence-electron chi connectivity index (χ3n) is 3.83. The quantitative estimate of drug-likeness (QED) is 0.207. The van der Waals surface area contributed by atoms with E-state index in [9.17, 15) is 4.79 Å². The van der Waals surface area contributed by atoms with Gasteiger partial charge in [0.15, 0.2) is 0 Å². The molecule has 0 aromatic rings. The van der Waals surface area contributed by atoms with Gasteiger partial charge in [-0.3, -0.25) is 0 Å². The summed E-state index contributed by atoms with van der Waals surface area (Å²) < 4.78 is 3.20. The molecule has 0 saturated carbocycles. The van der Waals surface area contributed by atoms with Crippen molar-refractivity contribution in [2.45, 2.75) is 94.7 Å². The van der Waals surface area contributed by atoms with E-state index in [2.05, 4.69) is 11.7 Å². The normalized spacial score (nSPS) is 11.6. The molecule has 4 heteroatoms. The molecule has 126 valence electrons. The zero-order valence-corrected chi connectivity index (χ0v) is 15.3. The highest BCUT2D eigenvalue weighted by Crippen LogP contribution is 2.29. The van der Waals surface area contributed by atoms with Gasteiger partial charge in [0.2, 0.25) is 4.33 Å². The Hall–Kier alpha value is 0.0500. The van der Waals surface area contributed by atoms with Crippen molar-refractivity contribution < 1.29 is 9.53 Å². The number of hydrogen-bond acceptors (Lipinski definition) is 2. The summed E-state index contributed by atoms with van der Waals surface area (Å²) >= 11 is 11.8. The second-order valence-electron chi connectivity index (χ2n) is 5.84. The van der Waals surface area contributed by atoms with Crippen LogP contribution >= 0.6 is 23.2 Å². The van der Waals surface area contributed by atoms with E-state index < -0.39 is 10.3 Å². The number of unbranched alkanes of at least 4 members (excludes halogenated alkanes) is 11. The molecule has 0 aliphatic carbocycles. The van der Waals surface area contributed by atoms with Crippen LogP contribution in [0.5, 0.6) is 0 Å². The van der Waals surface area contributed by atoms with Gasteiger partial charge in [-0.05, 0) is 12.8 Å². The number of methoxy groups -OCH3 is 1. The summed E-state index contributed by atoms with van der Waals surface area (Å²) in [6.07, 6.45) is 15.8. The Morgan fingerprint density at radius 3 is 1.57 bits per heavy atom. The van der Waals surface area contributed by atoms with Gasteiger partial charge in [0.05, 0.1) is 7.11 Å². The van der Waals surface area contributed by atoms with Crippen LogP contribution in [0, 0.1) is 0 Å². The predicted molar refractivity (Wildman–Crippen MR) is 92.1 cm³/mol.